The van der Waals surface area contributed by atoms with Crippen LogP contribution >= 0.6 is 11.3 Å². The summed E-state index contributed by atoms with van der Waals surface area (Å²) in [7, 11) is 0. The van der Waals surface area contributed by atoms with Gasteiger partial charge >= 0.3 is 5.97 Å². The van der Waals surface area contributed by atoms with Gasteiger partial charge in [-0.15, -0.1) is 11.3 Å². The Balaban J connectivity index is 1.61. The van der Waals surface area contributed by atoms with Crippen LogP contribution in [0.4, 0.5) is 0 Å². The molecule has 0 radical (unpaired) electrons. The highest BCUT2D eigenvalue weighted by molar-refractivity contribution is 7.21. The van der Waals surface area contributed by atoms with Crippen LogP contribution in [-0.4, -0.2) is 41.5 Å². The number of thiophene rings is 1. The van der Waals surface area contributed by atoms with Gasteiger partial charge in [0, 0.05) is 28.7 Å². The first-order chi connectivity index (χ1) is 13.5. The number of pyridine rings is 1. The number of ether oxygens (including phenoxy) is 1. The van der Waals surface area contributed by atoms with Gasteiger partial charge in [0.15, 0.2) is 0 Å². The number of aryl methyl sites for hydroxylation is 1. The number of nitrogens with zero attached hydrogens (tertiary/aromatic N) is 1. The van der Waals surface area contributed by atoms with Crippen molar-refractivity contribution in [3.8, 4) is 0 Å². The summed E-state index contributed by atoms with van der Waals surface area (Å²) in [5.41, 5.74) is 1.70. The molecular weight excluding hydrogens is 376 g/mol. The largest absolute Gasteiger partial charge is 0.466 e. The van der Waals surface area contributed by atoms with Gasteiger partial charge in [-0.05, 0) is 44.9 Å². The van der Waals surface area contributed by atoms with E-state index in [1.807, 2.05) is 25.1 Å². The Kier molecular flexibility index (Phi) is 4.93. The number of hydrogen-bond acceptors (Lipinski definition) is 5. The number of hydrogen-bond donors (Lipinski definition) is 1. The summed E-state index contributed by atoms with van der Waals surface area (Å²) in [5.74, 6) is -0.394. The fourth-order valence-corrected chi connectivity index (χ4v) is 4.90. The predicted molar refractivity (Wildman–Crippen MR) is 110 cm³/mol. The van der Waals surface area contributed by atoms with Crippen LogP contribution in [-0.2, 0) is 9.53 Å². The zero-order valence-electron chi connectivity index (χ0n) is 15.9. The zero-order chi connectivity index (χ0) is 19.8. The highest BCUT2D eigenvalue weighted by Crippen LogP contribution is 2.31. The van der Waals surface area contributed by atoms with Gasteiger partial charge in [0.25, 0.3) is 11.5 Å². The van der Waals surface area contributed by atoms with E-state index < -0.39 is 0 Å². The molecule has 1 aliphatic heterocycles. The van der Waals surface area contributed by atoms with Crippen molar-refractivity contribution >= 4 is 44.2 Å². The molecule has 0 bridgehead atoms. The van der Waals surface area contributed by atoms with Crippen LogP contribution in [0.3, 0.4) is 0 Å². The SMILES string of the molecule is CCOC(=O)C1CCN(C(=O)c2cc3c(=O)[nH]c4ccc(C)cc4c3s2)CC1. The lowest BCUT2D eigenvalue weighted by Crippen LogP contribution is -2.40. The minimum absolute atomic E-state index is 0.0799. The van der Waals surface area contributed by atoms with Crippen LogP contribution in [0.5, 0.6) is 0 Å². The topological polar surface area (TPSA) is 79.5 Å². The van der Waals surface area contributed by atoms with E-state index in [2.05, 4.69) is 4.98 Å². The normalized spacial score (nSPS) is 15.3. The predicted octanol–water partition coefficient (Wildman–Crippen LogP) is 3.47. The number of nitrogens with one attached hydrogen (secondary N) is 1. The monoisotopic (exact) mass is 398 g/mol. The molecule has 1 aromatic carbocycles. The molecule has 1 aliphatic rings. The highest BCUT2D eigenvalue weighted by atomic mass is 32.1. The van der Waals surface area contributed by atoms with Gasteiger partial charge in [0.05, 0.1) is 22.8 Å². The Morgan fingerprint density at radius 1 is 1.21 bits per heavy atom. The van der Waals surface area contributed by atoms with E-state index in [9.17, 15) is 14.4 Å². The maximum absolute atomic E-state index is 13.0. The van der Waals surface area contributed by atoms with Crippen molar-refractivity contribution in [2.45, 2.75) is 26.7 Å². The third-order valence-electron chi connectivity index (χ3n) is 5.26. The second kappa shape index (κ2) is 7.39. The molecule has 0 saturated carbocycles. The molecule has 1 fully saturated rings. The molecule has 0 spiro atoms. The maximum atomic E-state index is 13.0. The number of aromatic amines is 1. The van der Waals surface area contributed by atoms with Crippen LogP contribution in [0.2, 0.25) is 0 Å². The number of rotatable bonds is 3. The number of aromatic nitrogens is 1. The van der Waals surface area contributed by atoms with Crippen LogP contribution in [0.1, 0.15) is 35.0 Å². The van der Waals surface area contributed by atoms with Crippen LogP contribution in [0, 0.1) is 12.8 Å². The molecule has 1 saturated heterocycles. The number of likely N-dealkylation sites (tertiary alicyclic amines) is 1. The summed E-state index contributed by atoms with van der Waals surface area (Å²) in [6, 6.07) is 7.58. The quantitative estimate of drug-likeness (QED) is 0.685. The molecule has 0 aliphatic carbocycles. The van der Waals surface area contributed by atoms with Gasteiger partial charge in [-0.3, -0.25) is 14.4 Å². The average Bonchev–Trinajstić information content (AvgIpc) is 3.15. The molecule has 7 heteroatoms. The molecule has 28 heavy (non-hydrogen) atoms. The summed E-state index contributed by atoms with van der Waals surface area (Å²) < 4.78 is 5.93. The van der Waals surface area contributed by atoms with Crippen molar-refractivity contribution in [3.05, 3.63) is 45.1 Å². The first kappa shape index (κ1) is 18.7. The number of amides is 1. The molecule has 0 unspecified atom stereocenters. The van der Waals surface area contributed by atoms with Gasteiger partial charge in [0.2, 0.25) is 0 Å². The van der Waals surface area contributed by atoms with Crippen molar-refractivity contribution in [1.29, 1.82) is 0 Å². The Bertz CT molecular complexity index is 1120. The summed E-state index contributed by atoms with van der Waals surface area (Å²) in [6.07, 6.45) is 1.22. The number of carbonyl (C=O) groups excluding carboxylic acids is 2. The number of esters is 1. The fraction of sp³-hybridized carbons (Fsp3) is 0.381. The summed E-state index contributed by atoms with van der Waals surface area (Å²) in [6.45, 7) is 5.22. The van der Waals surface area contributed by atoms with Crippen molar-refractivity contribution in [1.82, 2.24) is 9.88 Å². The Hall–Kier alpha value is -2.67. The molecule has 1 N–H and O–H groups in total. The first-order valence-electron chi connectivity index (χ1n) is 9.50. The standard InChI is InChI=1S/C21H22N2O4S/c1-3-27-21(26)13-6-8-23(9-7-13)20(25)17-11-15-18(28-17)14-10-12(2)4-5-16(14)22-19(15)24/h4-5,10-11,13H,3,6-9H2,1-2H3,(H,22,24). The lowest BCUT2D eigenvalue weighted by atomic mass is 9.97. The second-order valence-electron chi connectivity index (χ2n) is 7.18. The van der Waals surface area contributed by atoms with Crippen molar-refractivity contribution in [2.75, 3.05) is 19.7 Å². The Morgan fingerprint density at radius 2 is 1.96 bits per heavy atom. The smallest absolute Gasteiger partial charge is 0.309 e. The molecular formula is C21H22N2O4S. The molecule has 3 heterocycles. The van der Waals surface area contributed by atoms with E-state index in [1.54, 1.807) is 17.9 Å². The maximum Gasteiger partial charge on any atom is 0.309 e. The molecule has 2 aromatic heterocycles. The number of piperidine rings is 1. The lowest BCUT2D eigenvalue weighted by molar-refractivity contribution is -0.149. The van der Waals surface area contributed by atoms with Gasteiger partial charge in [-0.1, -0.05) is 11.6 Å². The number of benzene rings is 1. The van der Waals surface area contributed by atoms with Gasteiger partial charge in [-0.25, -0.2) is 0 Å². The van der Waals surface area contributed by atoms with Crippen molar-refractivity contribution < 1.29 is 14.3 Å². The molecule has 6 nitrogen and oxygen atoms in total. The lowest BCUT2D eigenvalue weighted by Gasteiger charge is -2.30. The van der Waals surface area contributed by atoms with Gasteiger partial charge in [-0.2, -0.15) is 0 Å². The Labute approximate surface area is 166 Å². The molecule has 3 aromatic rings. The molecule has 1 amide bonds. The van der Waals surface area contributed by atoms with E-state index in [1.165, 1.54) is 11.3 Å². The Morgan fingerprint density at radius 3 is 2.68 bits per heavy atom. The van der Waals surface area contributed by atoms with Gasteiger partial charge < -0.3 is 14.6 Å². The van der Waals surface area contributed by atoms with Crippen molar-refractivity contribution in [3.63, 3.8) is 0 Å². The molecule has 0 atom stereocenters. The number of H-pyrrole nitrogens is 1. The van der Waals surface area contributed by atoms with Crippen LogP contribution < -0.4 is 5.56 Å². The summed E-state index contributed by atoms with van der Waals surface area (Å²) >= 11 is 1.36. The first-order valence-corrected chi connectivity index (χ1v) is 10.3. The van der Waals surface area contributed by atoms with E-state index in [-0.39, 0.29) is 23.4 Å². The minimum atomic E-state index is -0.178. The van der Waals surface area contributed by atoms with Gasteiger partial charge in [0.1, 0.15) is 0 Å². The average molecular weight is 398 g/mol. The minimum Gasteiger partial charge on any atom is -0.466 e. The number of carbonyl (C=O) groups is 2. The third kappa shape index (κ3) is 3.30. The number of fused-ring (bicyclic) bond motifs is 3. The molecule has 146 valence electrons. The molecule has 4 rings (SSSR count). The third-order valence-corrected chi connectivity index (χ3v) is 6.41. The zero-order valence-corrected chi connectivity index (χ0v) is 16.7. The fourth-order valence-electron chi connectivity index (χ4n) is 3.74. The van der Waals surface area contributed by atoms with Crippen LogP contribution in [0.15, 0.2) is 29.1 Å². The second-order valence-corrected chi connectivity index (χ2v) is 8.23. The van der Waals surface area contributed by atoms with E-state index in [0.29, 0.717) is 42.8 Å². The highest BCUT2D eigenvalue weighted by Gasteiger charge is 2.29. The van der Waals surface area contributed by atoms with E-state index in [4.69, 9.17) is 4.74 Å². The van der Waals surface area contributed by atoms with Crippen molar-refractivity contribution in [2.24, 2.45) is 5.92 Å². The van der Waals surface area contributed by atoms with E-state index in [0.717, 1.165) is 21.2 Å². The summed E-state index contributed by atoms with van der Waals surface area (Å²) in [5, 5.41) is 1.51. The van der Waals surface area contributed by atoms with Crippen LogP contribution in [0.25, 0.3) is 21.0 Å². The summed E-state index contributed by atoms with van der Waals surface area (Å²) in [4.78, 5) is 42.5. The van der Waals surface area contributed by atoms with E-state index >= 15 is 0 Å².